The fourth-order valence-electron chi connectivity index (χ4n) is 2.04. The van der Waals surface area contributed by atoms with Crippen LogP contribution in [0.25, 0.3) is 0 Å². The van der Waals surface area contributed by atoms with E-state index in [1.54, 1.807) is 0 Å². The van der Waals surface area contributed by atoms with Gasteiger partial charge in [-0.3, -0.25) is 0 Å². The molecule has 0 aliphatic heterocycles. The van der Waals surface area contributed by atoms with Gasteiger partial charge in [0.2, 0.25) is 0 Å². The Morgan fingerprint density at radius 1 is 1.11 bits per heavy atom. The monoisotopic (exact) mass is 267 g/mol. The van der Waals surface area contributed by atoms with Crippen molar-refractivity contribution in [1.29, 1.82) is 0 Å². The molecule has 0 bridgehead atoms. The van der Waals surface area contributed by atoms with E-state index in [4.69, 9.17) is 11.6 Å². The van der Waals surface area contributed by atoms with Crippen LogP contribution in [0.3, 0.4) is 0 Å². The highest BCUT2D eigenvalue weighted by Gasteiger charge is 1.96. The van der Waals surface area contributed by atoms with Crippen LogP contribution >= 0.6 is 11.6 Å². The Morgan fingerprint density at radius 3 is 2.61 bits per heavy atom. The Bertz CT molecular complexity index is 323. The van der Waals surface area contributed by atoms with E-state index in [1.165, 1.54) is 37.7 Å². The second-order valence-electron chi connectivity index (χ2n) is 5.40. The molecule has 0 radical (unpaired) electrons. The summed E-state index contributed by atoms with van der Waals surface area (Å²) in [5.41, 5.74) is 1.27. The van der Waals surface area contributed by atoms with Crippen LogP contribution in [0, 0.1) is 5.92 Å². The third-order valence-electron chi connectivity index (χ3n) is 3.10. The van der Waals surface area contributed by atoms with Crippen LogP contribution in [0.1, 0.15) is 51.5 Å². The molecule has 0 saturated heterocycles. The highest BCUT2D eigenvalue weighted by atomic mass is 35.5. The predicted molar refractivity (Wildman–Crippen MR) is 81.1 cm³/mol. The molecule has 2 heteroatoms. The first-order valence-electron chi connectivity index (χ1n) is 7.13. The lowest BCUT2D eigenvalue weighted by Gasteiger charge is -2.06. The summed E-state index contributed by atoms with van der Waals surface area (Å²) in [6.07, 6.45) is 6.74. The van der Waals surface area contributed by atoms with E-state index in [-0.39, 0.29) is 0 Å². The Morgan fingerprint density at radius 2 is 1.89 bits per heavy atom. The number of benzene rings is 1. The van der Waals surface area contributed by atoms with E-state index in [2.05, 4.69) is 25.2 Å². The molecule has 1 rings (SSSR count). The minimum Gasteiger partial charge on any atom is -0.313 e. The molecule has 0 amide bonds. The fourth-order valence-corrected chi connectivity index (χ4v) is 2.25. The van der Waals surface area contributed by atoms with Gasteiger partial charge in [-0.2, -0.15) is 0 Å². The maximum absolute atomic E-state index is 5.94. The molecule has 18 heavy (non-hydrogen) atoms. The molecule has 1 aromatic carbocycles. The number of nitrogens with one attached hydrogen (secondary N) is 1. The Balaban J connectivity index is 1.96. The Kier molecular flexibility index (Phi) is 8.11. The Labute approximate surface area is 117 Å². The summed E-state index contributed by atoms with van der Waals surface area (Å²) >= 11 is 5.94. The zero-order valence-corrected chi connectivity index (χ0v) is 12.5. The molecule has 1 N–H and O–H groups in total. The lowest BCUT2D eigenvalue weighted by atomic mass is 10.0. The zero-order chi connectivity index (χ0) is 13.2. The van der Waals surface area contributed by atoms with E-state index in [0.29, 0.717) is 0 Å². The van der Waals surface area contributed by atoms with Crippen molar-refractivity contribution in [3.8, 4) is 0 Å². The molecular formula is C16H26ClN. The highest BCUT2D eigenvalue weighted by molar-refractivity contribution is 6.30. The first-order valence-corrected chi connectivity index (χ1v) is 7.51. The van der Waals surface area contributed by atoms with Crippen molar-refractivity contribution in [2.45, 2.75) is 52.5 Å². The summed E-state index contributed by atoms with van der Waals surface area (Å²) in [5, 5.41) is 4.29. The number of rotatable bonds is 9. The van der Waals surface area contributed by atoms with Crippen LogP contribution in [0.15, 0.2) is 24.3 Å². The molecule has 0 spiro atoms. The van der Waals surface area contributed by atoms with Crippen molar-refractivity contribution in [2.75, 3.05) is 6.54 Å². The molecule has 0 unspecified atom stereocenters. The van der Waals surface area contributed by atoms with Gasteiger partial charge in [0.25, 0.3) is 0 Å². The van der Waals surface area contributed by atoms with Gasteiger partial charge in [0.1, 0.15) is 0 Å². The second kappa shape index (κ2) is 9.41. The third kappa shape index (κ3) is 7.73. The topological polar surface area (TPSA) is 12.0 Å². The van der Waals surface area contributed by atoms with Crippen molar-refractivity contribution >= 4 is 11.6 Å². The van der Waals surface area contributed by atoms with Crippen molar-refractivity contribution in [3.63, 3.8) is 0 Å². The van der Waals surface area contributed by atoms with E-state index < -0.39 is 0 Å². The van der Waals surface area contributed by atoms with Gasteiger partial charge >= 0.3 is 0 Å². The van der Waals surface area contributed by atoms with Crippen LogP contribution in [0.4, 0.5) is 0 Å². The van der Waals surface area contributed by atoms with Gasteiger partial charge in [-0.05, 0) is 36.6 Å². The van der Waals surface area contributed by atoms with Crippen LogP contribution in [-0.4, -0.2) is 6.54 Å². The molecule has 0 fully saturated rings. The van der Waals surface area contributed by atoms with Crippen molar-refractivity contribution in [3.05, 3.63) is 34.9 Å². The van der Waals surface area contributed by atoms with E-state index in [9.17, 15) is 0 Å². The summed E-state index contributed by atoms with van der Waals surface area (Å²) in [4.78, 5) is 0. The minimum absolute atomic E-state index is 0.822. The number of unbranched alkanes of at least 4 members (excludes halogenated alkanes) is 3. The highest BCUT2D eigenvalue weighted by Crippen LogP contribution is 2.11. The van der Waals surface area contributed by atoms with E-state index in [0.717, 1.165) is 24.0 Å². The standard InChI is InChI=1S/C16H26ClN/c1-14(2)8-5-3-4-6-11-18-13-15-9-7-10-16(17)12-15/h7,9-10,12,14,18H,3-6,8,11,13H2,1-2H3. The van der Waals surface area contributed by atoms with Crippen LogP contribution < -0.4 is 5.32 Å². The lowest BCUT2D eigenvalue weighted by molar-refractivity contribution is 0.512. The van der Waals surface area contributed by atoms with Gasteiger partial charge in [-0.15, -0.1) is 0 Å². The summed E-state index contributed by atoms with van der Waals surface area (Å²) in [6.45, 7) is 6.62. The molecule has 0 aliphatic rings. The van der Waals surface area contributed by atoms with Gasteiger partial charge in [0.05, 0.1) is 0 Å². The van der Waals surface area contributed by atoms with Gasteiger partial charge in [0.15, 0.2) is 0 Å². The first-order chi connectivity index (χ1) is 8.68. The second-order valence-corrected chi connectivity index (χ2v) is 5.84. The summed E-state index contributed by atoms with van der Waals surface area (Å²) in [5.74, 6) is 0.853. The predicted octanol–water partition coefficient (Wildman–Crippen LogP) is 5.04. The zero-order valence-electron chi connectivity index (χ0n) is 11.7. The lowest BCUT2D eigenvalue weighted by Crippen LogP contribution is -2.14. The van der Waals surface area contributed by atoms with E-state index >= 15 is 0 Å². The number of hydrogen-bond donors (Lipinski definition) is 1. The molecule has 0 atom stereocenters. The summed E-state index contributed by atoms with van der Waals surface area (Å²) in [7, 11) is 0. The summed E-state index contributed by atoms with van der Waals surface area (Å²) < 4.78 is 0. The fraction of sp³-hybridized carbons (Fsp3) is 0.625. The maximum Gasteiger partial charge on any atom is 0.0409 e. The van der Waals surface area contributed by atoms with Gasteiger partial charge in [-0.25, -0.2) is 0 Å². The Hall–Kier alpha value is -0.530. The first kappa shape index (κ1) is 15.5. The van der Waals surface area contributed by atoms with Crippen LogP contribution in [0.2, 0.25) is 5.02 Å². The third-order valence-corrected chi connectivity index (χ3v) is 3.34. The molecule has 0 heterocycles. The summed E-state index contributed by atoms with van der Waals surface area (Å²) in [6, 6.07) is 8.06. The molecule has 0 saturated carbocycles. The van der Waals surface area contributed by atoms with Gasteiger partial charge in [0, 0.05) is 11.6 Å². The smallest absolute Gasteiger partial charge is 0.0409 e. The maximum atomic E-state index is 5.94. The molecule has 102 valence electrons. The number of hydrogen-bond acceptors (Lipinski definition) is 1. The van der Waals surface area contributed by atoms with Gasteiger partial charge in [-0.1, -0.05) is 63.3 Å². The van der Waals surface area contributed by atoms with Crippen LogP contribution in [-0.2, 0) is 6.54 Å². The molecule has 0 aromatic heterocycles. The quantitative estimate of drug-likeness (QED) is 0.619. The molecule has 1 aromatic rings. The molecule has 0 aliphatic carbocycles. The van der Waals surface area contributed by atoms with Crippen LogP contribution in [0.5, 0.6) is 0 Å². The normalized spacial score (nSPS) is 11.1. The molecular weight excluding hydrogens is 242 g/mol. The minimum atomic E-state index is 0.822. The van der Waals surface area contributed by atoms with Gasteiger partial charge < -0.3 is 5.32 Å². The average molecular weight is 268 g/mol. The number of halogens is 1. The average Bonchev–Trinajstić information content (AvgIpc) is 2.32. The molecule has 1 nitrogen and oxygen atoms in total. The van der Waals surface area contributed by atoms with Crippen molar-refractivity contribution in [1.82, 2.24) is 5.32 Å². The van der Waals surface area contributed by atoms with E-state index in [1.807, 2.05) is 18.2 Å². The SMILES string of the molecule is CC(C)CCCCCCNCc1cccc(Cl)c1. The van der Waals surface area contributed by atoms with Crippen molar-refractivity contribution in [2.24, 2.45) is 5.92 Å². The largest absolute Gasteiger partial charge is 0.313 e. The van der Waals surface area contributed by atoms with Crippen molar-refractivity contribution < 1.29 is 0 Å².